The lowest BCUT2D eigenvalue weighted by Gasteiger charge is -2.14. The van der Waals surface area contributed by atoms with Crippen molar-refractivity contribution >= 4 is 28.3 Å². The monoisotopic (exact) mass is 343 g/mol. The van der Waals surface area contributed by atoms with Crippen molar-refractivity contribution in [2.24, 2.45) is 0 Å². The van der Waals surface area contributed by atoms with Gasteiger partial charge in [-0.15, -0.1) is 11.3 Å². The van der Waals surface area contributed by atoms with Crippen molar-refractivity contribution in [3.63, 3.8) is 0 Å². The topological polar surface area (TPSA) is 62.3 Å². The Labute approximate surface area is 145 Å². The summed E-state index contributed by atoms with van der Waals surface area (Å²) in [4.78, 5) is 30.1. The zero-order valence-corrected chi connectivity index (χ0v) is 14.7. The number of aromatic nitrogens is 1. The molecule has 24 heavy (non-hydrogen) atoms. The van der Waals surface area contributed by atoms with Crippen LogP contribution in [0.25, 0.3) is 0 Å². The van der Waals surface area contributed by atoms with E-state index in [0.717, 1.165) is 18.5 Å². The molecule has 0 aliphatic carbocycles. The first-order chi connectivity index (χ1) is 11.5. The molecule has 0 bridgehead atoms. The smallest absolute Gasteiger partial charge is 0.228 e. The van der Waals surface area contributed by atoms with Crippen LogP contribution in [0.4, 0.5) is 5.13 Å². The third-order valence-corrected chi connectivity index (χ3v) is 5.05. The molecular weight excluding hydrogens is 322 g/mol. The van der Waals surface area contributed by atoms with E-state index in [1.54, 1.807) is 4.90 Å². The van der Waals surface area contributed by atoms with Crippen molar-refractivity contribution < 1.29 is 9.59 Å². The molecule has 2 amide bonds. The van der Waals surface area contributed by atoms with Crippen LogP contribution < -0.4 is 10.2 Å². The maximum absolute atomic E-state index is 12.2. The fourth-order valence-electron chi connectivity index (χ4n) is 2.75. The molecule has 6 heteroatoms. The number of carbonyl (C=O) groups is 2. The van der Waals surface area contributed by atoms with Crippen LogP contribution in [0.1, 0.15) is 42.6 Å². The van der Waals surface area contributed by atoms with Crippen molar-refractivity contribution in [2.75, 3.05) is 11.4 Å². The summed E-state index contributed by atoms with van der Waals surface area (Å²) in [6, 6.07) is 8.09. The quantitative estimate of drug-likeness (QED) is 0.908. The van der Waals surface area contributed by atoms with Gasteiger partial charge in [-0.3, -0.25) is 14.5 Å². The van der Waals surface area contributed by atoms with E-state index in [9.17, 15) is 9.59 Å². The first-order valence-electron chi connectivity index (χ1n) is 8.13. The maximum atomic E-state index is 12.2. The Balaban J connectivity index is 1.58. The van der Waals surface area contributed by atoms with Crippen LogP contribution in [0.2, 0.25) is 0 Å². The largest absolute Gasteiger partial charge is 0.349 e. The van der Waals surface area contributed by atoms with Gasteiger partial charge in [0.1, 0.15) is 0 Å². The molecule has 3 rings (SSSR count). The van der Waals surface area contributed by atoms with Gasteiger partial charge in [-0.1, -0.05) is 29.8 Å². The van der Waals surface area contributed by atoms with E-state index >= 15 is 0 Å². The number of nitrogens with zero attached hydrogens (tertiary/aromatic N) is 2. The summed E-state index contributed by atoms with van der Waals surface area (Å²) in [5.41, 5.74) is 2.99. The maximum Gasteiger partial charge on any atom is 0.228 e. The van der Waals surface area contributed by atoms with Crippen LogP contribution in [0.5, 0.6) is 0 Å². The van der Waals surface area contributed by atoms with Crippen LogP contribution in [0, 0.1) is 6.92 Å². The van der Waals surface area contributed by atoms with Crippen LogP contribution in [0.15, 0.2) is 29.6 Å². The van der Waals surface area contributed by atoms with Crippen LogP contribution in [-0.4, -0.2) is 23.3 Å². The van der Waals surface area contributed by atoms with Gasteiger partial charge in [-0.2, -0.15) is 0 Å². The Morgan fingerprint density at radius 1 is 1.38 bits per heavy atom. The zero-order chi connectivity index (χ0) is 17.1. The summed E-state index contributed by atoms with van der Waals surface area (Å²) < 4.78 is 0. The highest BCUT2D eigenvalue weighted by molar-refractivity contribution is 7.14. The highest BCUT2D eigenvalue weighted by Crippen LogP contribution is 2.25. The second kappa shape index (κ2) is 7.13. The van der Waals surface area contributed by atoms with Crippen molar-refractivity contribution in [3.05, 3.63) is 46.5 Å². The van der Waals surface area contributed by atoms with Crippen molar-refractivity contribution in [3.8, 4) is 0 Å². The van der Waals surface area contributed by atoms with E-state index in [4.69, 9.17) is 0 Å². The highest BCUT2D eigenvalue weighted by atomic mass is 32.1. The molecule has 5 nitrogen and oxygen atoms in total. The van der Waals surface area contributed by atoms with Crippen LogP contribution in [0.3, 0.4) is 0 Å². The fraction of sp³-hybridized carbons (Fsp3) is 0.389. The molecule has 1 atom stereocenters. The second-order valence-corrected chi connectivity index (χ2v) is 6.98. The number of rotatable bonds is 5. The van der Waals surface area contributed by atoms with E-state index in [2.05, 4.69) is 10.3 Å². The van der Waals surface area contributed by atoms with Gasteiger partial charge in [0.05, 0.1) is 18.2 Å². The summed E-state index contributed by atoms with van der Waals surface area (Å²) >= 11 is 1.42. The lowest BCUT2D eigenvalue weighted by atomic mass is 10.1. The van der Waals surface area contributed by atoms with Gasteiger partial charge in [-0.05, 0) is 25.8 Å². The molecule has 1 fully saturated rings. The van der Waals surface area contributed by atoms with E-state index in [-0.39, 0.29) is 24.3 Å². The fourth-order valence-corrected chi connectivity index (χ4v) is 3.62. The van der Waals surface area contributed by atoms with E-state index < -0.39 is 0 Å². The molecule has 1 aliphatic heterocycles. The van der Waals surface area contributed by atoms with Gasteiger partial charge in [0.15, 0.2) is 5.13 Å². The van der Waals surface area contributed by atoms with E-state index in [1.807, 2.05) is 43.5 Å². The SMILES string of the molecule is Cc1ccc([C@@H](C)NC(=O)Cc2csc(N3CCCC3=O)n2)cc1. The summed E-state index contributed by atoms with van der Waals surface area (Å²) in [5.74, 6) is 0.0565. The summed E-state index contributed by atoms with van der Waals surface area (Å²) in [6.07, 6.45) is 1.69. The molecule has 126 valence electrons. The van der Waals surface area contributed by atoms with Gasteiger partial charge in [0.25, 0.3) is 0 Å². The number of nitrogens with one attached hydrogen (secondary N) is 1. The molecule has 1 N–H and O–H groups in total. The molecule has 1 aliphatic rings. The van der Waals surface area contributed by atoms with Gasteiger partial charge in [0.2, 0.25) is 11.8 Å². The minimum absolute atomic E-state index is 0.0450. The Bertz CT molecular complexity index is 739. The Morgan fingerprint density at radius 2 is 2.12 bits per heavy atom. The lowest BCUT2D eigenvalue weighted by molar-refractivity contribution is -0.121. The first kappa shape index (κ1) is 16.6. The number of benzene rings is 1. The van der Waals surface area contributed by atoms with Crippen molar-refractivity contribution in [1.29, 1.82) is 0 Å². The molecule has 1 aromatic heterocycles. The number of carbonyl (C=O) groups excluding carboxylic acids is 2. The minimum Gasteiger partial charge on any atom is -0.349 e. The zero-order valence-electron chi connectivity index (χ0n) is 13.9. The molecule has 2 aromatic rings. The van der Waals surface area contributed by atoms with Gasteiger partial charge < -0.3 is 5.32 Å². The van der Waals surface area contributed by atoms with Crippen LogP contribution in [-0.2, 0) is 16.0 Å². The number of amides is 2. The number of anilines is 1. The first-order valence-corrected chi connectivity index (χ1v) is 9.01. The lowest BCUT2D eigenvalue weighted by Crippen LogP contribution is -2.28. The third-order valence-electron chi connectivity index (χ3n) is 4.14. The average Bonchev–Trinajstić information content (AvgIpc) is 3.16. The number of aryl methyl sites for hydroxylation is 1. The van der Waals surface area contributed by atoms with Crippen molar-refractivity contribution in [2.45, 2.75) is 39.2 Å². The van der Waals surface area contributed by atoms with Gasteiger partial charge in [-0.25, -0.2) is 4.98 Å². The molecule has 0 saturated carbocycles. The molecule has 1 saturated heterocycles. The number of hydrogen-bond donors (Lipinski definition) is 1. The molecule has 1 aromatic carbocycles. The second-order valence-electron chi connectivity index (χ2n) is 6.15. The Hall–Kier alpha value is -2.21. The molecular formula is C18H21N3O2S. The predicted molar refractivity (Wildman–Crippen MR) is 95.1 cm³/mol. The molecule has 2 heterocycles. The summed E-state index contributed by atoms with van der Waals surface area (Å²) in [5, 5.41) is 5.56. The van der Waals surface area contributed by atoms with Gasteiger partial charge in [0, 0.05) is 18.3 Å². The number of thiazole rings is 1. The summed E-state index contributed by atoms with van der Waals surface area (Å²) in [6.45, 7) is 4.73. The third kappa shape index (κ3) is 3.82. The summed E-state index contributed by atoms with van der Waals surface area (Å²) in [7, 11) is 0. The highest BCUT2D eigenvalue weighted by Gasteiger charge is 2.24. The Kier molecular flexibility index (Phi) is 4.94. The normalized spacial score (nSPS) is 15.6. The molecule has 0 unspecified atom stereocenters. The standard InChI is InChI=1S/C18H21N3O2S/c1-12-5-7-14(8-6-12)13(2)19-16(22)10-15-11-24-18(20-15)21-9-3-4-17(21)23/h5-8,11,13H,3-4,9-10H2,1-2H3,(H,19,22)/t13-/m1/s1. The van der Waals surface area contributed by atoms with Gasteiger partial charge >= 0.3 is 0 Å². The van der Waals surface area contributed by atoms with Crippen LogP contribution >= 0.6 is 11.3 Å². The minimum atomic E-state index is -0.0623. The molecule has 0 spiro atoms. The Morgan fingerprint density at radius 3 is 2.79 bits per heavy atom. The predicted octanol–water partition coefficient (Wildman–Crippen LogP) is 3.00. The van der Waals surface area contributed by atoms with E-state index in [1.165, 1.54) is 16.9 Å². The number of hydrogen-bond acceptors (Lipinski definition) is 4. The van der Waals surface area contributed by atoms with Crippen molar-refractivity contribution in [1.82, 2.24) is 10.3 Å². The molecule has 0 radical (unpaired) electrons. The average molecular weight is 343 g/mol. The van der Waals surface area contributed by atoms with E-state index in [0.29, 0.717) is 17.2 Å².